The zero-order valence-electron chi connectivity index (χ0n) is 7.09. The van der Waals surface area contributed by atoms with Gasteiger partial charge in [-0.1, -0.05) is 0 Å². The standard InChI is InChI=1S/C9H11F2NS/c10-4-1-5-13-7-2-3-9(12)8(11)6-7/h2-3,6H,1,4-5,12H2. The number of alkyl halides is 1. The number of thioether (sulfide) groups is 1. The molecule has 13 heavy (non-hydrogen) atoms. The lowest BCUT2D eigenvalue weighted by Crippen LogP contribution is -1.90. The second-order valence-electron chi connectivity index (χ2n) is 2.57. The first-order chi connectivity index (χ1) is 6.24. The van der Waals surface area contributed by atoms with E-state index in [0.29, 0.717) is 12.2 Å². The number of anilines is 1. The lowest BCUT2D eigenvalue weighted by Gasteiger charge is -2.01. The number of nitrogens with two attached hydrogens (primary N) is 1. The van der Waals surface area contributed by atoms with Crippen molar-refractivity contribution in [1.29, 1.82) is 0 Å². The molecule has 0 amide bonds. The molecule has 1 nitrogen and oxygen atoms in total. The van der Waals surface area contributed by atoms with Crippen LogP contribution in [0, 0.1) is 5.82 Å². The van der Waals surface area contributed by atoms with Crippen LogP contribution in [0.4, 0.5) is 14.5 Å². The third kappa shape index (κ3) is 3.22. The Bertz CT molecular complexity index is 278. The van der Waals surface area contributed by atoms with E-state index in [1.165, 1.54) is 23.9 Å². The maximum Gasteiger partial charge on any atom is 0.147 e. The van der Waals surface area contributed by atoms with Gasteiger partial charge in [-0.25, -0.2) is 4.39 Å². The fourth-order valence-electron chi connectivity index (χ4n) is 0.842. The van der Waals surface area contributed by atoms with Gasteiger partial charge in [0.05, 0.1) is 12.4 Å². The van der Waals surface area contributed by atoms with Gasteiger partial charge in [0.15, 0.2) is 0 Å². The number of halogens is 2. The van der Waals surface area contributed by atoms with Gasteiger partial charge >= 0.3 is 0 Å². The zero-order valence-corrected chi connectivity index (χ0v) is 7.91. The first-order valence-corrected chi connectivity index (χ1v) is 4.96. The van der Waals surface area contributed by atoms with E-state index >= 15 is 0 Å². The van der Waals surface area contributed by atoms with Gasteiger partial charge in [0, 0.05) is 10.6 Å². The Kier molecular flexibility index (Phi) is 4.02. The first kappa shape index (κ1) is 10.3. The van der Waals surface area contributed by atoms with E-state index in [-0.39, 0.29) is 12.4 Å². The molecule has 0 spiro atoms. The molecule has 1 aromatic carbocycles. The SMILES string of the molecule is Nc1ccc(SCCCF)cc1F. The van der Waals surface area contributed by atoms with Crippen LogP contribution in [0.2, 0.25) is 0 Å². The van der Waals surface area contributed by atoms with Gasteiger partial charge in [0.1, 0.15) is 5.82 Å². The van der Waals surface area contributed by atoms with Gasteiger partial charge in [-0.2, -0.15) is 0 Å². The Morgan fingerprint density at radius 2 is 2.15 bits per heavy atom. The summed E-state index contributed by atoms with van der Waals surface area (Å²) in [5.41, 5.74) is 5.45. The topological polar surface area (TPSA) is 26.0 Å². The normalized spacial score (nSPS) is 10.3. The highest BCUT2D eigenvalue weighted by Gasteiger charge is 1.99. The van der Waals surface area contributed by atoms with Crippen molar-refractivity contribution in [1.82, 2.24) is 0 Å². The zero-order chi connectivity index (χ0) is 9.68. The van der Waals surface area contributed by atoms with Crippen LogP contribution in [-0.2, 0) is 0 Å². The third-order valence-electron chi connectivity index (χ3n) is 1.52. The minimum Gasteiger partial charge on any atom is -0.396 e. The number of benzene rings is 1. The van der Waals surface area contributed by atoms with Crippen molar-refractivity contribution in [3.05, 3.63) is 24.0 Å². The van der Waals surface area contributed by atoms with Crippen LogP contribution in [0.1, 0.15) is 6.42 Å². The fraction of sp³-hybridized carbons (Fsp3) is 0.333. The molecule has 0 atom stereocenters. The summed E-state index contributed by atoms with van der Waals surface area (Å²) in [6.07, 6.45) is 0.497. The van der Waals surface area contributed by atoms with E-state index in [2.05, 4.69) is 0 Å². The minimum atomic E-state index is -0.412. The lowest BCUT2D eigenvalue weighted by atomic mass is 10.3. The maximum atomic E-state index is 12.9. The number of rotatable bonds is 4. The highest BCUT2D eigenvalue weighted by Crippen LogP contribution is 2.22. The molecule has 0 heterocycles. The Labute approximate surface area is 80.3 Å². The predicted molar refractivity (Wildman–Crippen MR) is 52.1 cm³/mol. The largest absolute Gasteiger partial charge is 0.396 e. The predicted octanol–water partition coefficient (Wildman–Crippen LogP) is 2.86. The van der Waals surface area contributed by atoms with Crippen LogP contribution >= 0.6 is 11.8 Å². The number of hydrogen-bond donors (Lipinski definition) is 1. The molecule has 0 saturated heterocycles. The first-order valence-electron chi connectivity index (χ1n) is 3.98. The summed E-state index contributed by atoms with van der Waals surface area (Å²) in [6, 6.07) is 4.63. The summed E-state index contributed by atoms with van der Waals surface area (Å²) in [5.74, 6) is 0.255. The monoisotopic (exact) mass is 203 g/mol. The summed E-state index contributed by atoms with van der Waals surface area (Å²) < 4.78 is 24.6. The summed E-state index contributed by atoms with van der Waals surface area (Å²) >= 11 is 1.43. The minimum absolute atomic E-state index is 0.148. The molecule has 0 aliphatic rings. The Morgan fingerprint density at radius 1 is 1.38 bits per heavy atom. The molecule has 72 valence electrons. The van der Waals surface area contributed by atoms with Gasteiger partial charge in [-0.15, -0.1) is 11.8 Å². The van der Waals surface area contributed by atoms with Crippen molar-refractivity contribution in [2.75, 3.05) is 18.2 Å². The highest BCUT2D eigenvalue weighted by atomic mass is 32.2. The molecule has 0 radical (unpaired) electrons. The average molecular weight is 203 g/mol. The van der Waals surface area contributed by atoms with E-state index < -0.39 is 5.82 Å². The number of nitrogen functional groups attached to an aromatic ring is 1. The molecule has 0 saturated carbocycles. The van der Waals surface area contributed by atoms with E-state index in [4.69, 9.17) is 5.73 Å². The van der Waals surface area contributed by atoms with Gasteiger partial charge in [-0.05, 0) is 24.6 Å². The summed E-state index contributed by atoms with van der Waals surface area (Å²) in [5, 5.41) is 0. The van der Waals surface area contributed by atoms with Crippen LogP contribution in [-0.4, -0.2) is 12.4 Å². The van der Waals surface area contributed by atoms with Crippen LogP contribution in [0.25, 0.3) is 0 Å². The fourth-order valence-corrected chi connectivity index (χ4v) is 1.68. The molecule has 1 rings (SSSR count). The second-order valence-corrected chi connectivity index (χ2v) is 3.74. The molecule has 1 aromatic rings. The Hall–Kier alpha value is -0.770. The Morgan fingerprint density at radius 3 is 2.77 bits per heavy atom. The maximum absolute atomic E-state index is 12.9. The van der Waals surface area contributed by atoms with E-state index in [1.807, 2.05) is 0 Å². The van der Waals surface area contributed by atoms with Crippen LogP contribution in [0.15, 0.2) is 23.1 Å². The molecular formula is C9H11F2NS. The molecule has 0 aromatic heterocycles. The van der Waals surface area contributed by atoms with Crippen molar-refractivity contribution < 1.29 is 8.78 Å². The molecule has 4 heteroatoms. The van der Waals surface area contributed by atoms with Crippen LogP contribution in [0.5, 0.6) is 0 Å². The molecule has 0 bridgehead atoms. The van der Waals surface area contributed by atoms with Gasteiger partial charge in [-0.3, -0.25) is 4.39 Å². The van der Waals surface area contributed by atoms with Crippen molar-refractivity contribution in [2.45, 2.75) is 11.3 Å². The summed E-state index contributed by atoms with van der Waals surface area (Å²) in [7, 11) is 0. The summed E-state index contributed by atoms with van der Waals surface area (Å²) in [4.78, 5) is 0.792. The highest BCUT2D eigenvalue weighted by molar-refractivity contribution is 7.99. The van der Waals surface area contributed by atoms with Gasteiger partial charge in [0.2, 0.25) is 0 Å². The quantitative estimate of drug-likeness (QED) is 0.462. The molecule has 0 fully saturated rings. The average Bonchev–Trinajstić information content (AvgIpc) is 2.12. The second kappa shape index (κ2) is 5.07. The smallest absolute Gasteiger partial charge is 0.147 e. The van der Waals surface area contributed by atoms with Crippen LogP contribution < -0.4 is 5.73 Å². The van der Waals surface area contributed by atoms with E-state index in [9.17, 15) is 8.78 Å². The van der Waals surface area contributed by atoms with Gasteiger partial charge in [0.25, 0.3) is 0 Å². The molecule has 0 aliphatic carbocycles. The number of hydrogen-bond acceptors (Lipinski definition) is 2. The van der Waals surface area contributed by atoms with Gasteiger partial charge < -0.3 is 5.73 Å². The molecule has 0 unspecified atom stereocenters. The molecule has 2 N–H and O–H groups in total. The van der Waals surface area contributed by atoms with Crippen molar-refractivity contribution in [3.63, 3.8) is 0 Å². The Balaban J connectivity index is 2.53. The van der Waals surface area contributed by atoms with E-state index in [0.717, 1.165) is 4.90 Å². The van der Waals surface area contributed by atoms with Crippen molar-refractivity contribution in [2.24, 2.45) is 0 Å². The lowest BCUT2D eigenvalue weighted by molar-refractivity contribution is 0.489. The molecule has 0 aliphatic heterocycles. The molecular weight excluding hydrogens is 192 g/mol. The van der Waals surface area contributed by atoms with Crippen molar-refractivity contribution >= 4 is 17.4 Å². The van der Waals surface area contributed by atoms with Crippen LogP contribution in [0.3, 0.4) is 0 Å². The van der Waals surface area contributed by atoms with E-state index in [1.54, 1.807) is 6.07 Å². The summed E-state index contributed by atoms with van der Waals surface area (Å²) in [6.45, 7) is -0.329. The van der Waals surface area contributed by atoms with Crippen molar-refractivity contribution in [3.8, 4) is 0 Å². The third-order valence-corrected chi connectivity index (χ3v) is 2.60.